The summed E-state index contributed by atoms with van der Waals surface area (Å²) in [4.78, 5) is 24.5. The van der Waals surface area contributed by atoms with Crippen molar-refractivity contribution >= 4 is 5.97 Å². The maximum atomic E-state index is 11.1. The number of aromatic nitrogens is 2. The highest BCUT2D eigenvalue weighted by Crippen LogP contribution is 2.25. The second-order valence-corrected chi connectivity index (χ2v) is 6.28. The summed E-state index contributed by atoms with van der Waals surface area (Å²) in [6.07, 6.45) is 1.67. The zero-order valence-corrected chi connectivity index (χ0v) is 14.5. The van der Waals surface area contributed by atoms with Crippen LogP contribution in [0.3, 0.4) is 0 Å². The molecule has 25 heavy (non-hydrogen) atoms. The van der Waals surface area contributed by atoms with Crippen LogP contribution in [0.4, 0.5) is 0 Å². The van der Waals surface area contributed by atoms with Crippen LogP contribution in [-0.4, -0.2) is 64.1 Å². The van der Waals surface area contributed by atoms with Gasteiger partial charge in [0, 0.05) is 38.4 Å². The number of hydrogen-bond acceptors (Lipinski definition) is 6. The Hall–Kier alpha value is -2.51. The molecule has 0 amide bonds. The Labute approximate surface area is 146 Å². The number of carbonyl (C=O) groups is 1. The van der Waals surface area contributed by atoms with Crippen LogP contribution in [-0.2, 0) is 6.54 Å². The molecule has 1 aromatic heterocycles. The molecule has 2 heterocycles. The van der Waals surface area contributed by atoms with E-state index in [9.17, 15) is 4.79 Å². The van der Waals surface area contributed by atoms with Crippen LogP contribution in [0.25, 0.3) is 0 Å². The third-order valence-electron chi connectivity index (χ3n) is 4.29. The predicted octanol–water partition coefficient (Wildman–Crippen LogP) is 2.02. The number of aryl methyl sites for hydroxylation is 1. The molecule has 0 unspecified atom stereocenters. The highest BCUT2D eigenvalue weighted by molar-refractivity contribution is 5.88. The van der Waals surface area contributed by atoms with Crippen molar-refractivity contribution in [2.75, 3.05) is 33.2 Å². The summed E-state index contributed by atoms with van der Waals surface area (Å²) >= 11 is 0. The van der Waals surface area contributed by atoms with Crippen LogP contribution in [0.1, 0.15) is 21.7 Å². The van der Waals surface area contributed by atoms with Crippen LogP contribution in [0.2, 0.25) is 0 Å². The Balaban J connectivity index is 1.71. The molecule has 1 aromatic carbocycles. The topological polar surface area (TPSA) is 78.8 Å². The molecule has 1 aliphatic rings. The zero-order chi connectivity index (χ0) is 17.8. The average Bonchev–Trinajstić information content (AvgIpc) is 2.59. The lowest BCUT2D eigenvalue weighted by molar-refractivity contribution is 0.0696. The molecule has 0 radical (unpaired) electrons. The first-order chi connectivity index (χ1) is 12.0. The highest BCUT2D eigenvalue weighted by atomic mass is 16.5. The quantitative estimate of drug-likeness (QED) is 0.890. The van der Waals surface area contributed by atoms with E-state index in [4.69, 9.17) is 9.84 Å². The van der Waals surface area contributed by atoms with Gasteiger partial charge < -0.3 is 14.7 Å². The molecule has 3 rings (SSSR count). The van der Waals surface area contributed by atoms with Gasteiger partial charge >= 0.3 is 5.97 Å². The number of benzene rings is 1. The summed E-state index contributed by atoms with van der Waals surface area (Å²) in [7, 11) is 2.12. The van der Waals surface area contributed by atoms with E-state index in [0.717, 1.165) is 31.7 Å². The number of ether oxygens (including phenoxy) is 1. The van der Waals surface area contributed by atoms with Gasteiger partial charge in [0.25, 0.3) is 0 Å². The van der Waals surface area contributed by atoms with E-state index in [-0.39, 0.29) is 5.56 Å². The monoisotopic (exact) mass is 342 g/mol. The Bertz CT molecular complexity index is 758. The minimum absolute atomic E-state index is 0.187. The van der Waals surface area contributed by atoms with Crippen LogP contribution >= 0.6 is 0 Å². The van der Waals surface area contributed by atoms with Crippen LogP contribution < -0.4 is 4.74 Å². The fraction of sp³-hybridized carbons (Fsp3) is 0.389. The van der Waals surface area contributed by atoms with Crippen molar-refractivity contribution < 1.29 is 14.6 Å². The molecule has 1 aliphatic heterocycles. The zero-order valence-electron chi connectivity index (χ0n) is 14.5. The first kappa shape index (κ1) is 17.3. The van der Waals surface area contributed by atoms with Crippen molar-refractivity contribution in [1.82, 2.24) is 19.8 Å². The van der Waals surface area contributed by atoms with Gasteiger partial charge in [-0.25, -0.2) is 9.78 Å². The van der Waals surface area contributed by atoms with E-state index in [2.05, 4.69) is 26.8 Å². The Morgan fingerprint density at radius 1 is 1.24 bits per heavy atom. The van der Waals surface area contributed by atoms with Crippen molar-refractivity contribution in [3.05, 3.63) is 47.4 Å². The molecule has 2 aromatic rings. The number of piperazine rings is 1. The first-order valence-corrected chi connectivity index (χ1v) is 8.26. The van der Waals surface area contributed by atoms with E-state index in [1.54, 1.807) is 24.4 Å². The number of carboxylic acids is 1. The fourth-order valence-corrected chi connectivity index (χ4v) is 2.68. The lowest BCUT2D eigenvalue weighted by Crippen LogP contribution is -2.44. The average molecular weight is 342 g/mol. The Morgan fingerprint density at radius 3 is 2.72 bits per heavy atom. The van der Waals surface area contributed by atoms with Gasteiger partial charge in [-0.15, -0.1) is 0 Å². The van der Waals surface area contributed by atoms with Crippen LogP contribution in [0.5, 0.6) is 11.6 Å². The Morgan fingerprint density at radius 2 is 2.00 bits per heavy atom. The fourth-order valence-electron chi connectivity index (χ4n) is 2.68. The van der Waals surface area contributed by atoms with Crippen molar-refractivity contribution in [2.45, 2.75) is 13.5 Å². The Kier molecular flexibility index (Phi) is 5.25. The minimum Gasteiger partial charge on any atom is -0.478 e. The molecule has 132 valence electrons. The maximum absolute atomic E-state index is 11.1. The number of hydrogen-bond donors (Lipinski definition) is 1. The lowest BCUT2D eigenvalue weighted by atomic mass is 10.1. The second kappa shape index (κ2) is 7.58. The van der Waals surface area contributed by atoms with Gasteiger partial charge in [-0.1, -0.05) is 6.07 Å². The SMILES string of the molecule is Cc1ccc(C(=O)O)cc1Oc1ccnc(CN2CCN(C)CC2)n1. The molecular formula is C18H22N4O3. The van der Waals surface area contributed by atoms with Crippen molar-refractivity contribution in [3.8, 4) is 11.6 Å². The number of likely N-dealkylation sites (N-methyl/N-ethyl adjacent to an activating group) is 1. The van der Waals surface area contributed by atoms with E-state index in [1.165, 1.54) is 6.07 Å². The molecule has 1 fully saturated rings. The number of aromatic carboxylic acids is 1. The minimum atomic E-state index is -0.983. The van der Waals surface area contributed by atoms with Gasteiger partial charge in [-0.05, 0) is 31.7 Å². The van der Waals surface area contributed by atoms with Gasteiger partial charge in [-0.3, -0.25) is 4.90 Å². The molecule has 1 N–H and O–H groups in total. The van der Waals surface area contributed by atoms with E-state index in [0.29, 0.717) is 24.0 Å². The molecule has 7 nitrogen and oxygen atoms in total. The third-order valence-corrected chi connectivity index (χ3v) is 4.29. The van der Waals surface area contributed by atoms with Gasteiger partial charge in [0.15, 0.2) is 0 Å². The van der Waals surface area contributed by atoms with Crippen molar-refractivity contribution in [3.63, 3.8) is 0 Å². The summed E-state index contributed by atoms with van der Waals surface area (Å²) in [5.41, 5.74) is 1.04. The normalized spacial score (nSPS) is 15.9. The molecule has 0 aliphatic carbocycles. The molecule has 0 saturated carbocycles. The van der Waals surface area contributed by atoms with Gasteiger partial charge in [-0.2, -0.15) is 4.98 Å². The summed E-state index contributed by atoms with van der Waals surface area (Å²) < 4.78 is 5.81. The highest BCUT2D eigenvalue weighted by Gasteiger charge is 2.15. The van der Waals surface area contributed by atoms with Crippen molar-refractivity contribution in [1.29, 1.82) is 0 Å². The number of nitrogens with zero attached hydrogens (tertiary/aromatic N) is 4. The largest absolute Gasteiger partial charge is 0.478 e. The number of carboxylic acid groups (broad SMARTS) is 1. The van der Waals surface area contributed by atoms with Gasteiger partial charge in [0.1, 0.15) is 11.6 Å². The van der Waals surface area contributed by atoms with E-state index < -0.39 is 5.97 Å². The van der Waals surface area contributed by atoms with Crippen molar-refractivity contribution in [2.24, 2.45) is 0 Å². The molecular weight excluding hydrogens is 320 g/mol. The molecule has 1 saturated heterocycles. The molecule has 7 heteroatoms. The van der Waals surface area contributed by atoms with Gasteiger partial charge in [0.05, 0.1) is 12.1 Å². The maximum Gasteiger partial charge on any atom is 0.335 e. The first-order valence-electron chi connectivity index (χ1n) is 8.26. The van der Waals surface area contributed by atoms with Crippen LogP contribution in [0.15, 0.2) is 30.5 Å². The van der Waals surface area contributed by atoms with E-state index >= 15 is 0 Å². The number of rotatable bonds is 5. The van der Waals surface area contributed by atoms with Gasteiger partial charge in [0.2, 0.25) is 5.88 Å². The van der Waals surface area contributed by atoms with E-state index in [1.807, 2.05) is 6.92 Å². The summed E-state index contributed by atoms with van der Waals surface area (Å²) in [5, 5.41) is 9.12. The smallest absolute Gasteiger partial charge is 0.335 e. The third kappa shape index (κ3) is 4.52. The molecule has 0 spiro atoms. The lowest BCUT2D eigenvalue weighted by Gasteiger charge is -2.31. The predicted molar refractivity (Wildman–Crippen MR) is 93.0 cm³/mol. The molecule has 0 bridgehead atoms. The summed E-state index contributed by atoms with van der Waals surface area (Å²) in [6.45, 7) is 6.61. The molecule has 0 atom stereocenters. The second-order valence-electron chi connectivity index (χ2n) is 6.28. The standard InChI is InChI=1S/C18H22N4O3/c1-13-3-4-14(18(23)24)11-15(13)25-17-5-6-19-16(20-17)12-22-9-7-21(2)8-10-22/h3-6,11H,7-10,12H2,1-2H3,(H,23,24). The summed E-state index contributed by atoms with van der Waals surface area (Å²) in [6, 6.07) is 6.48. The summed E-state index contributed by atoms with van der Waals surface area (Å²) in [5.74, 6) is 0.631. The van der Waals surface area contributed by atoms with Crippen LogP contribution in [0, 0.1) is 6.92 Å².